The highest BCUT2D eigenvalue weighted by atomic mass is 32.3. The summed E-state index contributed by atoms with van der Waals surface area (Å²) in [6, 6.07) is 9.09. The minimum atomic E-state index is -4.61. The first-order valence-electron chi connectivity index (χ1n) is 7.08. The molecule has 0 aliphatic carbocycles. The van der Waals surface area contributed by atoms with E-state index in [-0.39, 0.29) is 12.2 Å². The van der Waals surface area contributed by atoms with Crippen molar-refractivity contribution in [3.63, 3.8) is 0 Å². The van der Waals surface area contributed by atoms with Gasteiger partial charge in [0.2, 0.25) is 0 Å². The van der Waals surface area contributed by atoms with Gasteiger partial charge in [-0.3, -0.25) is 4.55 Å². The van der Waals surface area contributed by atoms with Crippen molar-refractivity contribution < 1.29 is 26.7 Å². The van der Waals surface area contributed by atoms with E-state index >= 15 is 0 Å². The van der Waals surface area contributed by atoms with Crippen LogP contribution in [-0.2, 0) is 24.1 Å². The van der Waals surface area contributed by atoms with E-state index in [0.29, 0.717) is 6.42 Å². The molecule has 128 valence electrons. The molecule has 23 heavy (non-hydrogen) atoms. The summed E-state index contributed by atoms with van der Waals surface area (Å²) in [5.41, 5.74) is -0.118. The average molecular weight is 342 g/mol. The minimum Gasteiger partial charge on any atom is -0.462 e. The average Bonchev–Trinajstić information content (AvgIpc) is 2.41. The molecule has 0 saturated heterocycles. The fraction of sp³-hybridized carbons (Fsp3) is 0.438. The molecule has 6 nitrogen and oxygen atoms in total. The van der Waals surface area contributed by atoms with E-state index in [1.807, 2.05) is 30.3 Å². The number of esters is 1. The highest BCUT2D eigenvalue weighted by Gasteiger charge is 2.36. The Morgan fingerprint density at radius 3 is 2.35 bits per heavy atom. The van der Waals surface area contributed by atoms with Gasteiger partial charge in [0.15, 0.2) is 0 Å². The van der Waals surface area contributed by atoms with Crippen LogP contribution >= 0.6 is 0 Å². The van der Waals surface area contributed by atoms with Crippen LogP contribution in [0, 0.1) is 0 Å². The lowest BCUT2D eigenvalue weighted by Gasteiger charge is -2.33. The lowest BCUT2D eigenvalue weighted by Crippen LogP contribution is -2.36. The molecule has 0 saturated carbocycles. The summed E-state index contributed by atoms with van der Waals surface area (Å²) in [5, 5.41) is 0. The first-order chi connectivity index (χ1) is 10.5. The predicted octanol–water partition coefficient (Wildman–Crippen LogP) is 2.88. The summed E-state index contributed by atoms with van der Waals surface area (Å²) in [5.74, 6) is -0.922. The van der Waals surface area contributed by atoms with Gasteiger partial charge in [0, 0.05) is 11.5 Å². The second-order valence-corrected chi connectivity index (χ2v) is 6.80. The van der Waals surface area contributed by atoms with Gasteiger partial charge in [-0.2, -0.15) is 8.42 Å². The van der Waals surface area contributed by atoms with E-state index in [0.717, 1.165) is 5.56 Å². The molecule has 7 heteroatoms. The molecule has 1 atom stereocenters. The molecule has 0 spiro atoms. The third-order valence-corrected chi connectivity index (χ3v) is 3.99. The van der Waals surface area contributed by atoms with Crippen molar-refractivity contribution in [2.75, 3.05) is 6.61 Å². The first-order valence-corrected chi connectivity index (χ1v) is 8.45. The number of rotatable bonds is 8. The van der Waals surface area contributed by atoms with Crippen LogP contribution < -0.4 is 0 Å². The number of hydrogen-bond donors (Lipinski definition) is 1. The molecule has 1 aromatic carbocycles. The number of carbonyl (C=O) groups is 1. The van der Waals surface area contributed by atoms with Crippen molar-refractivity contribution >= 4 is 16.4 Å². The topological polar surface area (TPSA) is 89.9 Å². The smallest absolute Gasteiger partial charge is 0.397 e. The molecule has 1 aromatic rings. The zero-order chi connectivity index (χ0) is 17.7. The second-order valence-electron chi connectivity index (χ2n) is 5.78. The highest BCUT2D eigenvalue weighted by molar-refractivity contribution is 7.80. The summed E-state index contributed by atoms with van der Waals surface area (Å²) < 4.78 is 41.1. The number of hydrogen-bond acceptors (Lipinski definition) is 5. The van der Waals surface area contributed by atoms with Gasteiger partial charge >= 0.3 is 16.4 Å². The van der Waals surface area contributed by atoms with Gasteiger partial charge in [0.05, 0.1) is 12.2 Å². The van der Waals surface area contributed by atoms with Crippen molar-refractivity contribution in [3.8, 4) is 0 Å². The number of ether oxygens (including phenoxy) is 1. The lowest BCUT2D eigenvalue weighted by molar-refractivity contribution is -0.139. The first kappa shape index (κ1) is 19.3. The summed E-state index contributed by atoms with van der Waals surface area (Å²) in [6.45, 7) is 8.22. The summed E-state index contributed by atoms with van der Waals surface area (Å²) >= 11 is 0. The largest absolute Gasteiger partial charge is 0.462 e. The second kappa shape index (κ2) is 7.72. The number of benzene rings is 1. The molecular formula is C16H22O6S. The van der Waals surface area contributed by atoms with Crippen LogP contribution in [0.15, 0.2) is 42.5 Å². The Morgan fingerprint density at radius 2 is 1.87 bits per heavy atom. The van der Waals surface area contributed by atoms with Gasteiger partial charge < -0.3 is 4.74 Å². The monoisotopic (exact) mass is 342 g/mol. The van der Waals surface area contributed by atoms with E-state index in [2.05, 4.69) is 6.58 Å². The molecule has 1 unspecified atom stereocenters. The van der Waals surface area contributed by atoms with Gasteiger partial charge in [-0.15, -0.1) is 0 Å². The molecule has 0 radical (unpaired) electrons. The van der Waals surface area contributed by atoms with E-state index in [4.69, 9.17) is 13.5 Å². The Morgan fingerprint density at radius 1 is 1.30 bits per heavy atom. The molecule has 1 N–H and O–H groups in total. The molecule has 0 heterocycles. The standard InChI is InChI=1S/C16H22O6S/c1-12(2)15(17)21-11-10-14(13-8-6-5-7-9-13)16(3,4)22-23(18,19)20/h5-9,14H,1,10-11H2,2-4H3,(H,18,19,20). The van der Waals surface area contributed by atoms with Crippen molar-refractivity contribution in [3.05, 3.63) is 48.0 Å². The third-order valence-electron chi connectivity index (χ3n) is 3.35. The van der Waals surface area contributed by atoms with Crippen LogP contribution in [0.5, 0.6) is 0 Å². The Bertz CT molecular complexity index is 648. The molecule has 0 amide bonds. The third kappa shape index (κ3) is 6.52. The van der Waals surface area contributed by atoms with Crippen LogP contribution in [0.3, 0.4) is 0 Å². The molecule has 1 rings (SSSR count). The molecule has 0 aliphatic heterocycles. The molecule has 0 aliphatic rings. The maximum absolute atomic E-state index is 11.5. The molecule has 0 fully saturated rings. The van der Waals surface area contributed by atoms with E-state index in [1.165, 1.54) is 0 Å². The van der Waals surface area contributed by atoms with Crippen molar-refractivity contribution in [1.29, 1.82) is 0 Å². The highest BCUT2D eigenvalue weighted by Crippen LogP contribution is 2.35. The fourth-order valence-electron chi connectivity index (χ4n) is 2.32. The fourth-order valence-corrected chi connectivity index (χ4v) is 2.98. The van der Waals surface area contributed by atoms with Crippen LogP contribution in [0.2, 0.25) is 0 Å². The van der Waals surface area contributed by atoms with Crippen LogP contribution in [0.4, 0.5) is 0 Å². The Labute approximate surface area is 137 Å². The van der Waals surface area contributed by atoms with Gasteiger partial charge in [-0.25, -0.2) is 8.98 Å². The lowest BCUT2D eigenvalue weighted by atomic mass is 9.82. The SMILES string of the molecule is C=C(C)C(=O)OCCC(c1ccccc1)C(C)(C)OS(=O)(=O)O. The van der Waals surface area contributed by atoms with Gasteiger partial charge in [0.1, 0.15) is 0 Å². The maximum atomic E-state index is 11.5. The molecular weight excluding hydrogens is 320 g/mol. The van der Waals surface area contributed by atoms with E-state index in [9.17, 15) is 13.2 Å². The normalized spacial score (nSPS) is 13.4. The van der Waals surface area contributed by atoms with Crippen LogP contribution in [-0.4, -0.2) is 31.1 Å². The van der Waals surface area contributed by atoms with Gasteiger partial charge in [0.25, 0.3) is 0 Å². The van der Waals surface area contributed by atoms with E-state index in [1.54, 1.807) is 20.8 Å². The van der Waals surface area contributed by atoms with Crippen LogP contribution in [0.25, 0.3) is 0 Å². The predicted molar refractivity (Wildman–Crippen MR) is 86.3 cm³/mol. The van der Waals surface area contributed by atoms with Crippen molar-refractivity contribution in [2.45, 2.75) is 38.7 Å². The summed E-state index contributed by atoms with van der Waals surface area (Å²) in [7, 11) is -4.61. The van der Waals surface area contributed by atoms with E-state index < -0.39 is 27.9 Å². The quantitative estimate of drug-likeness (QED) is 0.444. The summed E-state index contributed by atoms with van der Waals surface area (Å²) in [4.78, 5) is 11.5. The molecule has 0 bridgehead atoms. The van der Waals surface area contributed by atoms with Crippen LogP contribution in [0.1, 0.15) is 38.7 Å². The van der Waals surface area contributed by atoms with Crippen molar-refractivity contribution in [1.82, 2.24) is 0 Å². The Balaban J connectivity index is 2.94. The van der Waals surface area contributed by atoms with Gasteiger partial charge in [-0.05, 0) is 32.8 Å². The Hall–Kier alpha value is -1.70. The number of carbonyl (C=O) groups excluding carboxylic acids is 1. The Kier molecular flexibility index (Phi) is 6.49. The zero-order valence-corrected chi connectivity index (χ0v) is 14.3. The zero-order valence-electron chi connectivity index (χ0n) is 13.5. The van der Waals surface area contributed by atoms with Gasteiger partial charge in [-0.1, -0.05) is 36.9 Å². The molecule has 0 aromatic heterocycles. The van der Waals surface area contributed by atoms with Crippen molar-refractivity contribution in [2.24, 2.45) is 0 Å². The summed E-state index contributed by atoms with van der Waals surface area (Å²) in [6.07, 6.45) is 0.325. The maximum Gasteiger partial charge on any atom is 0.397 e. The minimum absolute atomic E-state index is 0.0729.